The molecule has 0 aliphatic rings. The third kappa shape index (κ3) is 7.42. The number of anilines is 3. The predicted octanol–water partition coefficient (Wildman–Crippen LogP) is 7.82. The molecule has 3 rings (SSSR count). The monoisotopic (exact) mass is 472 g/mol. The van der Waals surface area contributed by atoms with Gasteiger partial charge in [0.1, 0.15) is 5.82 Å². The normalized spacial score (nSPS) is 12.0. The molecule has 4 nitrogen and oxygen atoms in total. The first-order valence-electron chi connectivity index (χ1n) is 13.2. The molecule has 0 radical (unpaired) electrons. The van der Waals surface area contributed by atoms with Crippen LogP contribution in [0, 0.1) is 12.8 Å². The summed E-state index contributed by atoms with van der Waals surface area (Å²) in [4.78, 5) is 5.68. The first-order chi connectivity index (χ1) is 16.9. The standard InChI is InChI=1S/C31H44N4/c1-6-12-25(13-7-2)19-26-15-11-16-27(20-26)33-24(5)22-35(18-8-3)30-21-29(34-31(30)32)28-17-10-9-14-23(28)4/h8-11,14-17,20-21,24-25,33-34H,3,6-7,12-13,18-19,22,32H2,1-2,4-5H3. The van der Waals surface area contributed by atoms with Gasteiger partial charge in [0.25, 0.3) is 0 Å². The Bertz CT molecular complexity index is 1060. The van der Waals surface area contributed by atoms with Gasteiger partial charge < -0.3 is 20.9 Å². The summed E-state index contributed by atoms with van der Waals surface area (Å²) >= 11 is 0. The van der Waals surface area contributed by atoms with Crippen LogP contribution in [0.2, 0.25) is 0 Å². The zero-order valence-electron chi connectivity index (χ0n) is 22.1. The molecule has 1 aromatic heterocycles. The Morgan fingerprint density at radius 2 is 1.80 bits per heavy atom. The quantitative estimate of drug-likeness (QED) is 0.210. The van der Waals surface area contributed by atoms with Crippen LogP contribution in [0.25, 0.3) is 11.3 Å². The fraction of sp³-hybridized carbons (Fsp3) is 0.419. The number of hydrogen-bond acceptors (Lipinski definition) is 3. The minimum absolute atomic E-state index is 0.239. The molecule has 0 saturated heterocycles. The molecule has 0 amide bonds. The number of aromatic amines is 1. The minimum Gasteiger partial charge on any atom is -0.384 e. The number of nitrogens with two attached hydrogens (primary N) is 1. The first kappa shape index (κ1) is 26.5. The summed E-state index contributed by atoms with van der Waals surface area (Å²) in [5, 5.41) is 3.72. The molecule has 0 spiro atoms. The van der Waals surface area contributed by atoms with Crippen LogP contribution in [0.1, 0.15) is 57.6 Å². The fourth-order valence-corrected chi connectivity index (χ4v) is 5.12. The van der Waals surface area contributed by atoms with E-state index >= 15 is 0 Å². The molecule has 0 saturated carbocycles. The van der Waals surface area contributed by atoms with Crippen LogP contribution < -0.4 is 16.0 Å². The summed E-state index contributed by atoms with van der Waals surface area (Å²) in [5.41, 5.74) is 13.5. The number of hydrogen-bond donors (Lipinski definition) is 3. The smallest absolute Gasteiger partial charge is 0.125 e. The van der Waals surface area contributed by atoms with Crippen molar-refractivity contribution in [3.05, 3.63) is 78.4 Å². The summed E-state index contributed by atoms with van der Waals surface area (Å²) in [6.07, 6.45) is 8.23. The van der Waals surface area contributed by atoms with E-state index in [0.29, 0.717) is 5.82 Å². The highest BCUT2D eigenvalue weighted by molar-refractivity contribution is 5.77. The van der Waals surface area contributed by atoms with Gasteiger partial charge in [0.05, 0.1) is 5.69 Å². The van der Waals surface area contributed by atoms with Gasteiger partial charge in [-0.2, -0.15) is 0 Å². The number of rotatable bonds is 14. The van der Waals surface area contributed by atoms with Crippen molar-refractivity contribution >= 4 is 17.2 Å². The van der Waals surface area contributed by atoms with Gasteiger partial charge >= 0.3 is 0 Å². The third-order valence-electron chi connectivity index (χ3n) is 6.70. The number of aromatic nitrogens is 1. The van der Waals surface area contributed by atoms with Gasteiger partial charge in [-0.1, -0.05) is 82.0 Å². The van der Waals surface area contributed by atoms with E-state index in [1.54, 1.807) is 0 Å². The molecule has 0 aliphatic heterocycles. The zero-order valence-corrected chi connectivity index (χ0v) is 22.1. The van der Waals surface area contributed by atoms with Crippen LogP contribution in [0.3, 0.4) is 0 Å². The highest BCUT2D eigenvalue weighted by Gasteiger charge is 2.17. The summed E-state index contributed by atoms with van der Waals surface area (Å²) in [6, 6.07) is 19.7. The number of nitrogen functional groups attached to an aromatic ring is 1. The first-order valence-corrected chi connectivity index (χ1v) is 13.2. The van der Waals surface area contributed by atoms with Crippen molar-refractivity contribution in [3.8, 4) is 11.3 Å². The highest BCUT2D eigenvalue weighted by Crippen LogP contribution is 2.32. The maximum Gasteiger partial charge on any atom is 0.125 e. The van der Waals surface area contributed by atoms with Crippen molar-refractivity contribution < 1.29 is 0 Å². The third-order valence-corrected chi connectivity index (χ3v) is 6.70. The Labute approximate surface area is 212 Å². The second-order valence-electron chi connectivity index (χ2n) is 9.88. The van der Waals surface area contributed by atoms with Crippen molar-refractivity contribution in [2.45, 2.75) is 65.8 Å². The summed E-state index contributed by atoms with van der Waals surface area (Å²) in [5.74, 6) is 1.47. The van der Waals surface area contributed by atoms with E-state index in [4.69, 9.17) is 5.73 Å². The fourth-order valence-electron chi connectivity index (χ4n) is 5.12. The van der Waals surface area contributed by atoms with Crippen LogP contribution in [0.4, 0.5) is 17.2 Å². The second-order valence-corrected chi connectivity index (χ2v) is 9.88. The molecular weight excluding hydrogens is 428 g/mol. The number of aryl methyl sites for hydroxylation is 1. The van der Waals surface area contributed by atoms with Crippen molar-refractivity contribution in [3.63, 3.8) is 0 Å². The molecule has 4 heteroatoms. The summed E-state index contributed by atoms with van der Waals surface area (Å²) < 4.78 is 0. The molecule has 188 valence electrons. The molecule has 0 bridgehead atoms. The Morgan fingerprint density at radius 3 is 2.49 bits per heavy atom. The van der Waals surface area contributed by atoms with E-state index < -0.39 is 0 Å². The second kappa shape index (κ2) is 13.1. The summed E-state index contributed by atoms with van der Waals surface area (Å²) in [6.45, 7) is 14.5. The average molecular weight is 473 g/mol. The van der Waals surface area contributed by atoms with Crippen LogP contribution in [-0.4, -0.2) is 24.1 Å². The number of benzene rings is 2. The Hall–Kier alpha value is -3.14. The van der Waals surface area contributed by atoms with E-state index in [-0.39, 0.29) is 6.04 Å². The van der Waals surface area contributed by atoms with Crippen LogP contribution in [0.15, 0.2) is 67.3 Å². The maximum absolute atomic E-state index is 6.45. The van der Waals surface area contributed by atoms with E-state index in [1.807, 2.05) is 6.08 Å². The largest absolute Gasteiger partial charge is 0.384 e. The van der Waals surface area contributed by atoms with Gasteiger partial charge in [-0.15, -0.1) is 6.58 Å². The highest BCUT2D eigenvalue weighted by atomic mass is 15.2. The van der Waals surface area contributed by atoms with Crippen molar-refractivity contribution in [1.29, 1.82) is 0 Å². The summed E-state index contributed by atoms with van der Waals surface area (Å²) in [7, 11) is 0. The van der Waals surface area contributed by atoms with E-state index in [2.05, 4.69) is 104 Å². The SMILES string of the molecule is C=CCN(CC(C)Nc1cccc(CC(CCC)CCC)c1)c1cc(-c2ccccc2C)[nH]c1N. The van der Waals surface area contributed by atoms with E-state index in [0.717, 1.165) is 36.8 Å². The lowest BCUT2D eigenvalue weighted by molar-refractivity contribution is 0.438. The van der Waals surface area contributed by atoms with Crippen molar-refractivity contribution in [2.75, 3.05) is 29.0 Å². The molecule has 3 aromatic rings. The minimum atomic E-state index is 0.239. The molecule has 0 fully saturated rings. The number of nitrogens with one attached hydrogen (secondary N) is 2. The molecular formula is C31H44N4. The zero-order chi connectivity index (χ0) is 25.2. The van der Waals surface area contributed by atoms with Crippen LogP contribution in [0.5, 0.6) is 0 Å². The maximum atomic E-state index is 6.45. The van der Waals surface area contributed by atoms with Gasteiger partial charge in [0.15, 0.2) is 0 Å². The molecule has 2 aromatic carbocycles. The molecule has 35 heavy (non-hydrogen) atoms. The van der Waals surface area contributed by atoms with Crippen LogP contribution in [-0.2, 0) is 6.42 Å². The molecule has 1 atom stereocenters. The molecule has 1 heterocycles. The molecule has 0 aliphatic carbocycles. The van der Waals surface area contributed by atoms with Crippen molar-refractivity contribution in [1.82, 2.24) is 4.98 Å². The Kier molecular flexibility index (Phi) is 9.89. The van der Waals surface area contributed by atoms with Gasteiger partial charge in [0.2, 0.25) is 0 Å². The molecule has 1 unspecified atom stereocenters. The Morgan fingerprint density at radius 1 is 1.06 bits per heavy atom. The lowest BCUT2D eigenvalue weighted by Crippen LogP contribution is -2.35. The van der Waals surface area contributed by atoms with Gasteiger partial charge in [-0.25, -0.2) is 0 Å². The van der Waals surface area contributed by atoms with E-state index in [9.17, 15) is 0 Å². The predicted molar refractivity (Wildman–Crippen MR) is 154 cm³/mol. The average Bonchev–Trinajstić information content (AvgIpc) is 3.21. The number of nitrogens with zero attached hydrogens (tertiary/aromatic N) is 1. The number of H-pyrrole nitrogens is 1. The van der Waals surface area contributed by atoms with Crippen LogP contribution >= 0.6 is 0 Å². The molecule has 4 N–H and O–H groups in total. The topological polar surface area (TPSA) is 57.1 Å². The van der Waals surface area contributed by atoms with Crippen molar-refractivity contribution in [2.24, 2.45) is 5.92 Å². The lowest BCUT2D eigenvalue weighted by Gasteiger charge is -2.27. The lowest BCUT2D eigenvalue weighted by atomic mass is 9.91. The van der Waals surface area contributed by atoms with E-state index in [1.165, 1.54) is 48.1 Å². The van der Waals surface area contributed by atoms with Gasteiger partial charge in [-0.3, -0.25) is 0 Å². The van der Waals surface area contributed by atoms with Gasteiger partial charge in [0, 0.05) is 36.1 Å². The van der Waals surface area contributed by atoms with Gasteiger partial charge in [-0.05, 0) is 55.5 Å². The Balaban J connectivity index is 1.71.